The highest BCUT2D eigenvalue weighted by atomic mass is 32.1. The number of benzene rings is 8. The number of thiophene rings is 1. The number of nitrogens with zero attached hydrogens (tertiary/aromatic N) is 2. The summed E-state index contributed by atoms with van der Waals surface area (Å²) in [6.07, 6.45) is 0. The largest absolute Gasteiger partial charge is 0.228 e. The van der Waals surface area contributed by atoms with Gasteiger partial charge in [0.05, 0.1) is 11.4 Å². The van der Waals surface area contributed by atoms with Gasteiger partial charge in [-0.25, -0.2) is 9.97 Å². The fraction of sp³-hybridized carbons (Fsp3) is 0. The van der Waals surface area contributed by atoms with E-state index in [9.17, 15) is 0 Å². The van der Waals surface area contributed by atoms with Crippen molar-refractivity contribution in [2.45, 2.75) is 0 Å². The summed E-state index contributed by atoms with van der Waals surface area (Å²) in [6.45, 7) is 0. The van der Waals surface area contributed by atoms with Gasteiger partial charge in [-0.1, -0.05) is 158 Å². The van der Waals surface area contributed by atoms with Crippen LogP contribution in [0.5, 0.6) is 0 Å². The molecule has 0 atom stereocenters. The standard InChI is InChI=1S/C48H30N2S/c1-3-13-33(14-4-1)43-30-44(50-48(49-43)35-15-5-2-6-16-35)34-24-22-31(23-25-34)36-26-27-39-37(28-36)29-42(40-20-11-17-32-12-7-8-18-38(32)40)47-46(39)41-19-9-10-21-45(41)51-47/h1-30H. The van der Waals surface area contributed by atoms with Gasteiger partial charge >= 0.3 is 0 Å². The van der Waals surface area contributed by atoms with Gasteiger partial charge in [-0.15, -0.1) is 11.3 Å². The van der Waals surface area contributed by atoms with E-state index >= 15 is 0 Å². The van der Waals surface area contributed by atoms with Crippen LogP contribution in [0.1, 0.15) is 0 Å². The van der Waals surface area contributed by atoms with Crippen LogP contribution in [-0.2, 0) is 0 Å². The molecule has 238 valence electrons. The molecule has 2 heterocycles. The molecule has 10 rings (SSSR count). The second-order valence-corrected chi connectivity index (χ2v) is 14.0. The highest BCUT2D eigenvalue weighted by Crippen LogP contribution is 2.46. The highest BCUT2D eigenvalue weighted by Gasteiger charge is 2.17. The van der Waals surface area contributed by atoms with Crippen molar-refractivity contribution < 1.29 is 0 Å². The van der Waals surface area contributed by atoms with Gasteiger partial charge in [0, 0.05) is 42.4 Å². The molecule has 10 aromatic rings. The summed E-state index contributed by atoms with van der Waals surface area (Å²) in [6, 6.07) is 65.0. The maximum absolute atomic E-state index is 5.04. The van der Waals surface area contributed by atoms with Crippen molar-refractivity contribution in [3.05, 3.63) is 182 Å². The number of hydrogen-bond donors (Lipinski definition) is 0. The fourth-order valence-corrected chi connectivity index (χ4v) is 8.62. The molecule has 0 saturated carbocycles. The average molecular weight is 667 g/mol. The number of fused-ring (bicyclic) bond motifs is 6. The molecule has 51 heavy (non-hydrogen) atoms. The summed E-state index contributed by atoms with van der Waals surface area (Å²) >= 11 is 1.90. The minimum atomic E-state index is 0.722. The number of hydrogen-bond acceptors (Lipinski definition) is 3. The molecule has 8 aromatic carbocycles. The smallest absolute Gasteiger partial charge is 0.160 e. The van der Waals surface area contributed by atoms with E-state index in [0.717, 1.165) is 33.9 Å². The Balaban J connectivity index is 1.10. The Hall–Kier alpha value is -6.42. The summed E-state index contributed by atoms with van der Waals surface area (Å²) in [5, 5.41) is 7.72. The van der Waals surface area contributed by atoms with E-state index in [1.54, 1.807) is 0 Å². The van der Waals surface area contributed by atoms with Crippen LogP contribution >= 0.6 is 11.3 Å². The lowest BCUT2D eigenvalue weighted by Crippen LogP contribution is -1.95. The second kappa shape index (κ2) is 12.2. The molecule has 0 aliphatic rings. The molecule has 0 spiro atoms. The lowest BCUT2D eigenvalue weighted by molar-refractivity contribution is 1.18. The maximum atomic E-state index is 5.04. The quantitative estimate of drug-likeness (QED) is 0.183. The Labute approximate surface area is 300 Å². The van der Waals surface area contributed by atoms with Crippen molar-refractivity contribution in [3.63, 3.8) is 0 Å². The van der Waals surface area contributed by atoms with E-state index in [1.807, 2.05) is 35.6 Å². The van der Waals surface area contributed by atoms with Crippen molar-refractivity contribution in [2.24, 2.45) is 0 Å². The summed E-state index contributed by atoms with van der Waals surface area (Å²) in [5.74, 6) is 0.722. The highest BCUT2D eigenvalue weighted by molar-refractivity contribution is 7.26. The monoisotopic (exact) mass is 666 g/mol. The van der Waals surface area contributed by atoms with Crippen LogP contribution in [0.3, 0.4) is 0 Å². The molecule has 2 aromatic heterocycles. The summed E-state index contributed by atoms with van der Waals surface area (Å²) in [4.78, 5) is 10.0. The van der Waals surface area contributed by atoms with Crippen LogP contribution in [0.15, 0.2) is 182 Å². The van der Waals surface area contributed by atoms with Gasteiger partial charge in [-0.3, -0.25) is 0 Å². The van der Waals surface area contributed by atoms with Crippen LogP contribution in [0.2, 0.25) is 0 Å². The van der Waals surface area contributed by atoms with Crippen molar-refractivity contribution >= 4 is 53.1 Å². The third-order valence-corrected chi connectivity index (χ3v) is 11.1. The van der Waals surface area contributed by atoms with E-state index in [0.29, 0.717) is 0 Å². The Bertz CT molecular complexity index is 2830. The van der Waals surface area contributed by atoms with Crippen molar-refractivity contribution in [1.82, 2.24) is 9.97 Å². The second-order valence-electron chi connectivity index (χ2n) is 13.0. The molecule has 2 nitrogen and oxygen atoms in total. The van der Waals surface area contributed by atoms with Crippen LogP contribution in [0.25, 0.3) is 97.9 Å². The molecule has 0 aliphatic heterocycles. The van der Waals surface area contributed by atoms with Gasteiger partial charge in [-0.05, 0) is 62.5 Å². The van der Waals surface area contributed by atoms with Gasteiger partial charge in [0.1, 0.15) is 0 Å². The molecule has 3 heteroatoms. The Morgan fingerprint density at radius 2 is 0.961 bits per heavy atom. The Morgan fingerprint density at radius 1 is 0.353 bits per heavy atom. The Kier molecular flexibility index (Phi) is 7.04. The zero-order chi connectivity index (χ0) is 33.7. The van der Waals surface area contributed by atoms with Gasteiger partial charge < -0.3 is 0 Å². The molecule has 0 radical (unpaired) electrons. The minimum absolute atomic E-state index is 0.722. The molecule has 0 saturated heterocycles. The lowest BCUT2D eigenvalue weighted by Gasteiger charge is -2.13. The molecule has 0 bridgehead atoms. The van der Waals surface area contributed by atoms with E-state index in [1.165, 1.54) is 64.0 Å². The first-order chi connectivity index (χ1) is 25.3. The number of rotatable bonds is 5. The van der Waals surface area contributed by atoms with E-state index in [4.69, 9.17) is 9.97 Å². The van der Waals surface area contributed by atoms with Gasteiger partial charge in [0.25, 0.3) is 0 Å². The predicted molar refractivity (Wildman–Crippen MR) is 217 cm³/mol. The third-order valence-electron chi connectivity index (χ3n) is 9.88. The molecule has 0 N–H and O–H groups in total. The first-order valence-corrected chi connectivity index (χ1v) is 18.1. The topological polar surface area (TPSA) is 25.8 Å². The van der Waals surface area contributed by atoms with Crippen molar-refractivity contribution in [3.8, 4) is 56.2 Å². The van der Waals surface area contributed by atoms with Crippen LogP contribution in [0, 0.1) is 0 Å². The Morgan fingerprint density at radius 3 is 1.75 bits per heavy atom. The fourth-order valence-electron chi connectivity index (χ4n) is 7.37. The van der Waals surface area contributed by atoms with Crippen LogP contribution in [0.4, 0.5) is 0 Å². The molecule has 0 fully saturated rings. The maximum Gasteiger partial charge on any atom is 0.160 e. The first-order valence-electron chi connectivity index (χ1n) is 17.2. The summed E-state index contributed by atoms with van der Waals surface area (Å²) in [5.41, 5.74) is 9.86. The van der Waals surface area contributed by atoms with Crippen LogP contribution in [-0.4, -0.2) is 9.97 Å². The van der Waals surface area contributed by atoms with Crippen molar-refractivity contribution in [2.75, 3.05) is 0 Å². The lowest BCUT2D eigenvalue weighted by atomic mass is 9.92. The van der Waals surface area contributed by atoms with E-state index in [2.05, 4.69) is 158 Å². The average Bonchev–Trinajstić information content (AvgIpc) is 3.61. The van der Waals surface area contributed by atoms with Gasteiger partial charge in [-0.2, -0.15) is 0 Å². The SMILES string of the molecule is c1ccc(-c2cc(-c3ccc(-c4ccc5c(c4)cc(-c4cccc6ccccc46)c4sc6ccccc6c45)cc3)nc(-c3ccccc3)n2)cc1. The first kappa shape index (κ1) is 29.5. The van der Waals surface area contributed by atoms with Crippen LogP contribution < -0.4 is 0 Å². The van der Waals surface area contributed by atoms with Crippen molar-refractivity contribution in [1.29, 1.82) is 0 Å². The molecular weight excluding hydrogens is 637 g/mol. The molecule has 0 aliphatic carbocycles. The van der Waals surface area contributed by atoms with Gasteiger partial charge in [0.2, 0.25) is 0 Å². The third kappa shape index (κ3) is 5.18. The predicted octanol–water partition coefficient (Wildman–Crippen LogP) is 13.5. The molecule has 0 amide bonds. The normalized spacial score (nSPS) is 11.5. The van der Waals surface area contributed by atoms with E-state index in [-0.39, 0.29) is 0 Å². The zero-order valence-electron chi connectivity index (χ0n) is 27.6. The molecule has 0 unspecified atom stereocenters. The summed E-state index contributed by atoms with van der Waals surface area (Å²) < 4.78 is 2.66. The minimum Gasteiger partial charge on any atom is -0.228 e. The zero-order valence-corrected chi connectivity index (χ0v) is 28.4. The molecular formula is C48H30N2S. The van der Waals surface area contributed by atoms with E-state index < -0.39 is 0 Å². The summed E-state index contributed by atoms with van der Waals surface area (Å²) in [7, 11) is 0. The number of aromatic nitrogens is 2. The van der Waals surface area contributed by atoms with Gasteiger partial charge in [0.15, 0.2) is 5.82 Å².